The van der Waals surface area contributed by atoms with Crippen LogP contribution in [-0.2, 0) is 29.0 Å². The van der Waals surface area contributed by atoms with Gasteiger partial charge in [-0.15, -0.1) is 0 Å². The summed E-state index contributed by atoms with van der Waals surface area (Å²) in [6, 6.07) is 8.29. The molecule has 6 heteroatoms. The zero-order valence-electron chi connectivity index (χ0n) is 18.8. The third-order valence-electron chi connectivity index (χ3n) is 7.28. The monoisotopic (exact) mass is 433 g/mol. The molecule has 0 bridgehead atoms. The predicted octanol–water partition coefficient (Wildman–Crippen LogP) is 4.00. The first-order valence-electron chi connectivity index (χ1n) is 11.8. The molecule has 0 saturated heterocycles. The minimum absolute atomic E-state index is 0.0113. The summed E-state index contributed by atoms with van der Waals surface area (Å²) in [5, 5.41) is 0. The molecule has 0 unspecified atom stereocenters. The van der Waals surface area contributed by atoms with Crippen molar-refractivity contribution in [2.24, 2.45) is 0 Å². The number of carbonyl (C=O) groups excluding carboxylic acids is 2. The van der Waals surface area contributed by atoms with Crippen LogP contribution in [0.5, 0.6) is 5.75 Å². The van der Waals surface area contributed by atoms with Crippen molar-refractivity contribution in [3.8, 4) is 5.75 Å². The fourth-order valence-electron chi connectivity index (χ4n) is 5.37. The summed E-state index contributed by atoms with van der Waals surface area (Å²) in [7, 11) is 1.65. The lowest BCUT2D eigenvalue weighted by Crippen LogP contribution is -2.46. The van der Waals surface area contributed by atoms with Gasteiger partial charge in [0.1, 0.15) is 18.1 Å². The van der Waals surface area contributed by atoms with Gasteiger partial charge in [-0.05, 0) is 66.0 Å². The average molecular weight is 434 g/mol. The average Bonchev–Trinajstić information content (AvgIpc) is 2.85. The second kappa shape index (κ2) is 8.93. The first-order valence-corrected chi connectivity index (χ1v) is 11.8. The molecule has 2 aliphatic heterocycles. The predicted molar refractivity (Wildman–Crippen MR) is 123 cm³/mol. The van der Waals surface area contributed by atoms with Gasteiger partial charge in [-0.1, -0.05) is 31.4 Å². The number of aromatic nitrogens is 1. The van der Waals surface area contributed by atoms with Crippen molar-refractivity contribution in [2.45, 2.75) is 63.8 Å². The number of anilines is 1. The Bertz CT molecular complexity index is 1030. The van der Waals surface area contributed by atoms with Crippen molar-refractivity contribution in [3.63, 3.8) is 0 Å². The van der Waals surface area contributed by atoms with Gasteiger partial charge in [0.25, 0.3) is 0 Å². The lowest BCUT2D eigenvalue weighted by atomic mass is 9.84. The molecule has 168 valence electrons. The molecule has 1 aliphatic carbocycles. The highest BCUT2D eigenvalue weighted by molar-refractivity contribution is 6.00. The maximum atomic E-state index is 13.2. The number of aryl methyl sites for hydroxylation is 1. The van der Waals surface area contributed by atoms with Crippen molar-refractivity contribution in [2.75, 3.05) is 25.1 Å². The highest BCUT2D eigenvalue weighted by atomic mass is 16.5. The Morgan fingerprint density at radius 3 is 2.72 bits per heavy atom. The van der Waals surface area contributed by atoms with E-state index in [0.29, 0.717) is 37.7 Å². The molecule has 1 fully saturated rings. The first kappa shape index (κ1) is 21.0. The van der Waals surface area contributed by atoms with Gasteiger partial charge in [0.05, 0.1) is 7.11 Å². The topological polar surface area (TPSA) is 62.7 Å². The Hall–Kier alpha value is -2.89. The fourth-order valence-corrected chi connectivity index (χ4v) is 5.37. The Morgan fingerprint density at radius 2 is 1.91 bits per heavy atom. The standard InChI is InChI=1S/C26H31N3O3/c1-32-23-9-7-19-11-12-28(16-22(19)14-23)25(31)17-29-24(30)10-8-20-13-21(15-27-26(20)29)18-5-3-2-4-6-18/h7,9,13-15,18H,2-6,8,10-12,16-17H2,1H3. The molecular weight excluding hydrogens is 402 g/mol. The molecule has 6 nitrogen and oxygen atoms in total. The number of hydrogen-bond donors (Lipinski definition) is 0. The van der Waals surface area contributed by atoms with Crippen LogP contribution in [0.15, 0.2) is 30.5 Å². The van der Waals surface area contributed by atoms with Crippen molar-refractivity contribution in [1.29, 1.82) is 0 Å². The molecule has 1 aromatic carbocycles. The summed E-state index contributed by atoms with van der Waals surface area (Å²) in [5.41, 5.74) is 4.77. The van der Waals surface area contributed by atoms with Crippen LogP contribution in [0, 0.1) is 0 Å². The Labute approximate surface area is 189 Å². The molecule has 32 heavy (non-hydrogen) atoms. The summed E-state index contributed by atoms with van der Waals surface area (Å²) in [5.74, 6) is 2.02. The molecule has 3 heterocycles. The maximum Gasteiger partial charge on any atom is 0.243 e. The van der Waals surface area contributed by atoms with Crippen molar-refractivity contribution in [1.82, 2.24) is 9.88 Å². The minimum atomic E-state index is -0.0298. The normalized spacial score (nSPS) is 18.8. The number of amides is 2. The third-order valence-corrected chi connectivity index (χ3v) is 7.28. The van der Waals surface area contributed by atoms with E-state index in [9.17, 15) is 9.59 Å². The molecule has 0 atom stereocenters. The highest BCUT2D eigenvalue weighted by Crippen LogP contribution is 2.35. The summed E-state index contributed by atoms with van der Waals surface area (Å²) in [6.07, 6.45) is 10.3. The van der Waals surface area contributed by atoms with E-state index < -0.39 is 0 Å². The van der Waals surface area contributed by atoms with Gasteiger partial charge in [0.2, 0.25) is 11.8 Å². The van der Waals surface area contributed by atoms with E-state index in [1.807, 2.05) is 23.2 Å². The number of methoxy groups -OCH3 is 1. The number of pyridine rings is 1. The zero-order chi connectivity index (χ0) is 22.1. The van der Waals surface area contributed by atoms with Crippen LogP contribution in [0.1, 0.15) is 66.7 Å². The largest absolute Gasteiger partial charge is 0.497 e. The minimum Gasteiger partial charge on any atom is -0.497 e. The van der Waals surface area contributed by atoms with E-state index in [1.54, 1.807) is 12.0 Å². The van der Waals surface area contributed by atoms with E-state index >= 15 is 0 Å². The van der Waals surface area contributed by atoms with E-state index in [0.717, 1.165) is 23.3 Å². The maximum absolute atomic E-state index is 13.2. The van der Waals surface area contributed by atoms with Gasteiger partial charge in [-0.3, -0.25) is 14.5 Å². The van der Waals surface area contributed by atoms with Crippen LogP contribution in [0.25, 0.3) is 0 Å². The number of hydrogen-bond acceptors (Lipinski definition) is 4. The smallest absolute Gasteiger partial charge is 0.243 e. The van der Waals surface area contributed by atoms with Crippen LogP contribution in [0.4, 0.5) is 5.82 Å². The van der Waals surface area contributed by atoms with E-state index in [2.05, 4.69) is 12.1 Å². The summed E-state index contributed by atoms with van der Waals surface area (Å²) < 4.78 is 5.34. The summed E-state index contributed by atoms with van der Waals surface area (Å²) >= 11 is 0. The van der Waals surface area contributed by atoms with E-state index in [4.69, 9.17) is 9.72 Å². The molecule has 1 aromatic heterocycles. The molecular formula is C26H31N3O3. The second-order valence-corrected chi connectivity index (χ2v) is 9.27. The van der Waals surface area contributed by atoms with E-state index in [1.165, 1.54) is 43.2 Å². The lowest BCUT2D eigenvalue weighted by Gasteiger charge is -2.33. The number of fused-ring (bicyclic) bond motifs is 2. The molecule has 2 aromatic rings. The Balaban J connectivity index is 1.32. The van der Waals surface area contributed by atoms with Crippen LogP contribution in [-0.4, -0.2) is 41.9 Å². The molecule has 1 saturated carbocycles. The Morgan fingerprint density at radius 1 is 1.06 bits per heavy atom. The fraction of sp³-hybridized carbons (Fsp3) is 0.500. The third kappa shape index (κ3) is 4.10. The highest BCUT2D eigenvalue weighted by Gasteiger charge is 2.31. The number of carbonyl (C=O) groups is 2. The van der Waals surface area contributed by atoms with Crippen LogP contribution < -0.4 is 9.64 Å². The van der Waals surface area contributed by atoms with Crippen molar-refractivity contribution >= 4 is 17.6 Å². The second-order valence-electron chi connectivity index (χ2n) is 9.27. The number of benzene rings is 1. The molecule has 0 N–H and O–H groups in total. The number of nitrogens with zero attached hydrogens (tertiary/aromatic N) is 3. The molecule has 0 spiro atoms. The van der Waals surface area contributed by atoms with Crippen LogP contribution in [0.2, 0.25) is 0 Å². The van der Waals surface area contributed by atoms with Crippen molar-refractivity contribution < 1.29 is 14.3 Å². The first-order chi connectivity index (χ1) is 15.6. The van der Waals surface area contributed by atoms with Crippen LogP contribution >= 0.6 is 0 Å². The van der Waals surface area contributed by atoms with Gasteiger partial charge < -0.3 is 9.64 Å². The van der Waals surface area contributed by atoms with Crippen molar-refractivity contribution in [3.05, 3.63) is 52.7 Å². The van der Waals surface area contributed by atoms with Gasteiger partial charge in [-0.2, -0.15) is 0 Å². The van der Waals surface area contributed by atoms with Gasteiger partial charge >= 0.3 is 0 Å². The number of rotatable bonds is 4. The molecule has 2 amide bonds. The van der Waals surface area contributed by atoms with Crippen LogP contribution in [0.3, 0.4) is 0 Å². The van der Waals surface area contributed by atoms with Gasteiger partial charge in [-0.25, -0.2) is 4.98 Å². The Kier molecular flexibility index (Phi) is 5.85. The van der Waals surface area contributed by atoms with Gasteiger partial charge in [0.15, 0.2) is 0 Å². The molecule has 5 rings (SSSR count). The summed E-state index contributed by atoms with van der Waals surface area (Å²) in [6.45, 7) is 1.27. The zero-order valence-corrected chi connectivity index (χ0v) is 18.8. The molecule has 3 aliphatic rings. The number of ether oxygens (including phenoxy) is 1. The lowest BCUT2D eigenvalue weighted by molar-refractivity contribution is -0.132. The summed E-state index contributed by atoms with van der Waals surface area (Å²) in [4.78, 5) is 34.1. The SMILES string of the molecule is COc1ccc2c(c1)CN(C(=O)CN1C(=O)CCc3cc(C4CCCCC4)cnc31)CC2. The van der Waals surface area contributed by atoms with Gasteiger partial charge in [0, 0.05) is 25.7 Å². The molecule has 0 radical (unpaired) electrons. The van der Waals surface area contributed by atoms with E-state index in [-0.39, 0.29) is 18.4 Å². The quantitative estimate of drug-likeness (QED) is 0.731.